The molecule has 0 saturated carbocycles. The zero-order valence-corrected chi connectivity index (χ0v) is 15.0. The Hall–Kier alpha value is -2.57. The molecule has 1 heterocycles. The van der Waals surface area contributed by atoms with Crippen molar-refractivity contribution in [3.8, 4) is 5.75 Å². The lowest BCUT2D eigenvalue weighted by molar-refractivity contribution is 0.220. The fraction of sp³-hybridized carbons (Fsp3) is 0.444. The molecule has 0 aliphatic rings. The molecule has 0 bridgehead atoms. The zero-order chi connectivity index (χ0) is 18.1. The lowest BCUT2D eigenvalue weighted by atomic mass is 10.2. The predicted molar refractivity (Wildman–Crippen MR) is 97.4 cm³/mol. The second-order valence-corrected chi connectivity index (χ2v) is 5.78. The van der Waals surface area contributed by atoms with E-state index in [4.69, 9.17) is 4.74 Å². The number of guanidine groups is 1. The first-order chi connectivity index (χ1) is 12.1. The van der Waals surface area contributed by atoms with Crippen LogP contribution in [0.4, 0.5) is 4.39 Å². The summed E-state index contributed by atoms with van der Waals surface area (Å²) in [5, 5.41) is 10.6. The minimum atomic E-state index is -0.361. The average Bonchev–Trinajstić information content (AvgIpc) is 3.00. The first kappa shape index (κ1) is 18.8. The molecule has 0 fully saturated rings. The second kappa shape index (κ2) is 9.66. The van der Waals surface area contributed by atoms with E-state index in [2.05, 4.69) is 20.7 Å². The number of ether oxygens (including phenoxy) is 1. The molecule has 1 aromatic carbocycles. The molecule has 0 amide bonds. The van der Waals surface area contributed by atoms with Crippen molar-refractivity contribution in [1.82, 2.24) is 20.4 Å². The summed E-state index contributed by atoms with van der Waals surface area (Å²) in [5.74, 6) is 0.606. The third-order valence-corrected chi connectivity index (χ3v) is 3.48. The maximum atomic E-state index is 13.6. The van der Waals surface area contributed by atoms with E-state index in [0.717, 1.165) is 25.5 Å². The number of hydrogen-bond acceptors (Lipinski definition) is 3. The second-order valence-electron chi connectivity index (χ2n) is 5.78. The van der Waals surface area contributed by atoms with Crippen LogP contribution in [0, 0.1) is 5.82 Å². The van der Waals surface area contributed by atoms with Crippen LogP contribution in [0.3, 0.4) is 0 Å². The normalized spacial score (nSPS) is 12.7. The van der Waals surface area contributed by atoms with E-state index in [0.29, 0.717) is 6.54 Å². The minimum absolute atomic E-state index is 0.231. The third-order valence-electron chi connectivity index (χ3n) is 3.48. The minimum Gasteiger partial charge on any atom is -0.486 e. The highest BCUT2D eigenvalue weighted by Gasteiger charge is 2.08. The van der Waals surface area contributed by atoms with Crippen molar-refractivity contribution >= 4 is 5.96 Å². The van der Waals surface area contributed by atoms with Crippen LogP contribution < -0.4 is 15.4 Å². The van der Waals surface area contributed by atoms with Gasteiger partial charge in [0, 0.05) is 26.3 Å². The highest BCUT2D eigenvalue weighted by atomic mass is 19.1. The van der Waals surface area contributed by atoms with E-state index in [9.17, 15) is 4.39 Å². The van der Waals surface area contributed by atoms with Crippen LogP contribution in [0.2, 0.25) is 0 Å². The fourth-order valence-electron chi connectivity index (χ4n) is 2.28. The van der Waals surface area contributed by atoms with Crippen LogP contribution >= 0.6 is 0 Å². The first-order valence-electron chi connectivity index (χ1n) is 8.49. The molecule has 1 atom stereocenters. The molecular weight excluding hydrogens is 321 g/mol. The lowest BCUT2D eigenvalue weighted by Crippen LogP contribution is -2.39. The number of hydrogen-bond donors (Lipinski definition) is 2. The van der Waals surface area contributed by atoms with E-state index >= 15 is 0 Å². The van der Waals surface area contributed by atoms with Gasteiger partial charge in [-0.25, -0.2) is 9.38 Å². The predicted octanol–water partition coefficient (Wildman–Crippen LogP) is 2.12. The number of nitrogens with one attached hydrogen (secondary N) is 2. The number of rotatable bonds is 8. The molecule has 0 aliphatic carbocycles. The molecular formula is C18H26FN5O. The van der Waals surface area contributed by atoms with Gasteiger partial charge in [-0.2, -0.15) is 5.10 Å². The Balaban J connectivity index is 1.82. The molecule has 7 heteroatoms. The van der Waals surface area contributed by atoms with Crippen molar-refractivity contribution in [3.05, 3.63) is 48.0 Å². The van der Waals surface area contributed by atoms with Crippen molar-refractivity contribution in [2.75, 3.05) is 19.6 Å². The molecule has 2 N–H and O–H groups in total. The van der Waals surface area contributed by atoms with Gasteiger partial charge in [0.25, 0.3) is 0 Å². The number of nitrogens with zero attached hydrogens (tertiary/aromatic N) is 3. The van der Waals surface area contributed by atoms with Crippen molar-refractivity contribution in [2.45, 2.75) is 26.4 Å². The van der Waals surface area contributed by atoms with Gasteiger partial charge < -0.3 is 15.4 Å². The summed E-state index contributed by atoms with van der Waals surface area (Å²) in [6.07, 6.45) is 4.48. The highest BCUT2D eigenvalue weighted by Crippen LogP contribution is 2.16. The van der Waals surface area contributed by atoms with Gasteiger partial charge >= 0.3 is 0 Å². The third kappa shape index (κ3) is 6.45. The molecule has 6 nitrogen and oxygen atoms in total. The molecule has 0 aliphatic heterocycles. The Morgan fingerprint density at radius 2 is 2.16 bits per heavy atom. The van der Waals surface area contributed by atoms with E-state index in [1.807, 2.05) is 33.3 Å². The van der Waals surface area contributed by atoms with E-state index in [1.165, 1.54) is 11.6 Å². The Labute approximate surface area is 148 Å². The number of benzene rings is 1. The molecule has 0 radical (unpaired) electrons. The SMILES string of the molecule is CCNC(=NCC(C)Oc1ccccc1F)NCCc1cnn(C)c1. The first-order valence-corrected chi connectivity index (χ1v) is 8.49. The van der Waals surface area contributed by atoms with Crippen LogP contribution in [-0.4, -0.2) is 41.5 Å². The van der Waals surface area contributed by atoms with E-state index in [1.54, 1.807) is 22.9 Å². The van der Waals surface area contributed by atoms with Gasteiger partial charge in [-0.1, -0.05) is 12.1 Å². The van der Waals surface area contributed by atoms with Gasteiger partial charge in [0.05, 0.1) is 12.7 Å². The van der Waals surface area contributed by atoms with Crippen LogP contribution in [0.1, 0.15) is 19.4 Å². The molecule has 2 aromatic rings. The topological polar surface area (TPSA) is 63.5 Å². The van der Waals surface area contributed by atoms with Gasteiger partial charge in [-0.3, -0.25) is 4.68 Å². The number of aliphatic imine (C=N–C) groups is 1. The molecule has 25 heavy (non-hydrogen) atoms. The van der Waals surface area contributed by atoms with Crippen LogP contribution in [-0.2, 0) is 13.5 Å². The maximum Gasteiger partial charge on any atom is 0.191 e. The van der Waals surface area contributed by atoms with Crippen LogP contribution in [0.25, 0.3) is 0 Å². The average molecular weight is 347 g/mol. The maximum absolute atomic E-state index is 13.6. The van der Waals surface area contributed by atoms with Crippen molar-refractivity contribution in [1.29, 1.82) is 0 Å². The van der Waals surface area contributed by atoms with Crippen molar-refractivity contribution < 1.29 is 9.13 Å². The highest BCUT2D eigenvalue weighted by molar-refractivity contribution is 5.79. The largest absolute Gasteiger partial charge is 0.486 e. The summed E-state index contributed by atoms with van der Waals surface area (Å²) in [4.78, 5) is 4.50. The summed E-state index contributed by atoms with van der Waals surface area (Å²) in [6, 6.07) is 6.39. The summed E-state index contributed by atoms with van der Waals surface area (Å²) >= 11 is 0. The zero-order valence-electron chi connectivity index (χ0n) is 15.0. The fourth-order valence-corrected chi connectivity index (χ4v) is 2.28. The van der Waals surface area contributed by atoms with Gasteiger partial charge in [-0.15, -0.1) is 0 Å². The Bertz CT molecular complexity index is 686. The summed E-state index contributed by atoms with van der Waals surface area (Å²) in [7, 11) is 1.90. The summed E-state index contributed by atoms with van der Waals surface area (Å²) in [6.45, 7) is 5.82. The lowest BCUT2D eigenvalue weighted by Gasteiger charge is -2.15. The Morgan fingerprint density at radius 1 is 1.36 bits per heavy atom. The molecule has 0 saturated heterocycles. The quantitative estimate of drug-likeness (QED) is 0.567. The van der Waals surface area contributed by atoms with Gasteiger partial charge in [-0.05, 0) is 38.0 Å². The Kier molecular flexibility index (Phi) is 7.25. The van der Waals surface area contributed by atoms with E-state index < -0.39 is 0 Å². The summed E-state index contributed by atoms with van der Waals surface area (Å²) < 4.78 is 21.0. The molecule has 1 aromatic heterocycles. The molecule has 136 valence electrons. The van der Waals surface area contributed by atoms with Gasteiger partial charge in [0.15, 0.2) is 17.5 Å². The van der Waals surface area contributed by atoms with Crippen molar-refractivity contribution in [2.24, 2.45) is 12.0 Å². The van der Waals surface area contributed by atoms with Crippen molar-refractivity contribution in [3.63, 3.8) is 0 Å². The summed E-state index contributed by atoms with van der Waals surface area (Å²) in [5.41, 5.74) is 1.17. The molecule has 0 spiro atoms. The van der Waals surface area contributed by atoms with E-state index in [-0.39, 0.29) is 17.7 Å². The molecule has 2 rings (SSSR count). The monoisotopic (exact) mass is 347 g/mol. The number of aryl methyl sites for hydroxylation is 1. The Morgan fingerprint density at radius 3 is 2.84 bits per heavy atom. The smallest absolute Gasteiger partial charge is 0.191 e. The standard InChI is InChI=1S/C18H26FN5O/c1-4-20-18(21-10-9-15-12-23-24(3)13-15)22-11-14(2)25-17-8-6-5-7-16(17)19/h5-8,12-14H,4,9-11H2,1-3H3,(H2,20,21,22). The van der Waals surface area contributed by atoms with Gasteiger partial charge in [0.1, 0.15) is 6.10 Å². The van der Waals surface area contributed by atoms with Crippen LogP contribution in [0.15, 0.2) is 41.7 Å². The van der Waals surface area contributed by atoms with Crippen LogP contribution in [0.5, 0.6) is 5.75 Å². The van der Waals surface area contributed by atoms with Gasteiger partial charge in [0.2, 0.25) is 0 Å². The number of halogens is 1. The number of aromatic nitrogens is 2. The molecule has 1 unspecified atom stereocenters. The number of para-hydroxylation sites is 1.